The molecule has 0 fully saturated rings. The van der Waals surface area contributed by atoms with Crippen molar-refractivity contribution in [1.29, 1.82) is 0 Å². The zero-order chi connectivity index (χ0) is 17.3. The molecule has 1 N–H and O–H groups in total. The number of thioether (sulfide) groups is 1. The van der Waals surface area contributed by atoms with Crippen molar-refractivity contribution in [3.8, 4) is 0 Å². The van der Waals surface area contributed by atoms with Crippen LogP contribution in [-0.2, 0) is 19.3 Å². The lowest BCUT2D eigenvalue weighted by atomic mass is 10.2. The van der Waals surface area contributed by atoms with Gasteiger partial charge in [-0.05, 0) is 12.5 Å². The van der Waals surface area contributed by atoms with Crippen molar-refractivity contribution in [2.75, 3.05) is 0 Å². The molecule has 0 aliphatic heterocycles. The van der Waals surface area contributed by atoms with Crippen LogP contribution in [-0.4, -0.2) is 19.1 Å². The van der Waals surface area contributed by atoms with Gasteiger partial charge in [-0.1, -0.05) is 54.2 Å². The molecular weight excluding hydrogens is 324 g/mol. The molecule has 0 radical (unpaired) electrons. The van der Waals surface area contributed by atoms with Gasteiger partial charge in [0.2, 0.25) is 0 Å². The van der Waals surface area contributed by atoms with Crippen molar-refractivity contribution in [2.24, 2.45) is 7.05 Å². The maximum absolute atomic E-state index is 12.3. The number of fused-ring (bicyclic) bond motifs is 1. The number of H-pyrrole nitrogens is 1. The van der Waals surface area contributed by atoms with E-state index in [-0.39, 0.29) is 0 Å². The summed E-state index contributed by atoms with van der Waals surface area (Å²) < 4.78 is 3.18. The second-order valence-electron chi connectivity index (χ2n) is 5.70. The number of nitrogens with one attached hydrogen (secondary N) is 1. The standard InChI is InChI=1S/C17H18N4O2S/c1-11(2)9-21-13-14(20(3)16(23)19-15(13)22)18-17(21)24-10-12-7-5-4-6-8-12/h4-8H,1,9-10H2,2-3H3,(H,19,22,23). The largest absolute Gasteiger partial charge is 0.329 e. The molecule has 1 aromatic carbocycles. The number of aromatic amines is 1. The van der Waals surface area contributed by atoms with E-state index in [2.05, 4.69) is 16.5 Å². The average Bonchev–Trinajstić information content (AvgIpc) is 2.90. The molecule has 124 valence electrons. The Kier molecular flexibility index (Phi) is 4.44. The van der Waals surface area contributed by atoms with Crippen LogP contribution in [0.2, 0.25) is 0 Å². The van der Waals surface area contributed by atoms with Crippen LogP contribution in [0.15, 0.2) is 57.2 Å². The van der Waals surface area contributed by atoms with E-state index in [1.807, 2.05) is 41.8 Å². The Balaban J connectivity index is 2.10. The summed E-state index contributed by atoms with van der Waals surface area (Å²) in [6, 6.07) is 10.0. The lowest BCUT2D eigenvalue weighted by molar-refractivity contribution is 0.719. The first kappa shape index (κ1) is 16.3. The number of imidazole rings is 1. The summed E-state index contributed by atoms with van der Waals surface area (Å²) in [5.41, 5.74) is 1.97. The first-order chi connectivity index (χ1) is 11.5. The van der Waals surface area contributed by atoms with Crippen LogP contribution in [0.25, 0.3) is 11.2 Å². The summed E-state index contributed by atoms with van der Waals surface area (Å²) in [6.45, 7) is 6.30. The third-order valence-corrected chi connectivity index (χ3v) is 4.66. The van der Waals surface area contributed by atoms with Crippen molar-refractivity contribution >= 4 is 22.9 Å². The summed E-state index contributed by atoms with van der Waals surface area (Å²) in [6.07, 6.45) is 0. The van der Waals surface area contributed by atoms with E-state index >= 15 is 0 Å². The predicted molar refractivity (Wildman–Crippen MR) is 96.4 cm³/mol. The topological polar surface area (TPSA) is 72.7 Å². The Hall–Kier alpha value is -2.54. The number of benzene rings is 1. The van der Waals surface area contributed by atoms with Gasteiger partial charge in [-0.3, -0.25) is 14.3 Å². The van der Waals surface area contributed by atoms with Crippen LogP contribution in [0.4, 0.5) is 0 Å². The third kappa shape index (κ3) is 3.07. The minimum atomic E-state index is -0.466. The summed E-state index contributed by atoms with van der Waals surface area (Å²) in [5.74, 6) is 0.728. The molecule has 0 aliphatic rings. The van der Waals surface area contributed by atoms with Gasteiger partial charge in [-0.2, -0.15) is 0 Å². The van der Waals surface area contributed by atoms with Crippen LogP contribution in [0.3, 0.4) is 0 Å². The minimum absolute atomic E-state index is 0.389. The van der Waals surface area contributed by atoms with Crippen molar-refractivity contribution in [3.63, 3.8) is 0 Å². The molecule has 0 aliphatic carbocycles. The molecule has 6 nitrogen and oxygen atoms in total. The van der Waals surface area contributed by atoms with E-state index in [4.69, 9.17) is 0 Å². The number of hydrogen-bond donors (Lipinski definition) is 1. The van der Waals surface area contributed by atoms with Crippen molar-refractivity contribution in [1.82, 2.24) is 19.1 Å². The zero-order valence-corrected chi connectivity index (χ0v) is 14.4. The summed E-state index contributed by atoms with van der Waals surface area (Å²) in [7, 11) is 1.60. The normalized spacial score (nSPS) is 11.1. The van der Waals surface area contributed by atoms with Gasteiger partial charge in [0.1, 0.15) is 0 Å². The fraction of sp³-hybridized carbons (Fsp3) is 0.235. The van der Waals surface area contributed by atoms with Gasteiger partial charge < -0.3 is 4.57 Å². The SMILES string of the molecule is C=C(C)Cn1c(SCc2ccccc2)nc2c1c(=O)[nH]c(=O)n2C. The number of aryl methyl sites for hydroxylation is 1. The van der Waals surface area contributed by atoms with Crippen molar-refractivity contribution in [2.45, 2.75) is 24.4 Å². The summed E-state index contributed by atoms with van der Waals surface area (Å²) in [4.78, 5) is 30.9. The third-order valence-electron chi connectivity index (χ3n) is 3.61. The maximum Gasteiger partial charge on any atom is 0.329 e. The molecular formula is C17H18N4O2S. The lowest BCUT2D eigenvalue weighted by Gasteiger charge is -2.08. The first-order valence-electron chi connectivity index (χ1n) is 7.48. The summed E-state index contributed by atoms with van der Waals surface area (Å²) in [5, 5.41) is 0.698. The Morgan fingerprint density at radius 3 is 2.67 bits per heavy atom. The van der Waals surface area contributed by atoms with Gasteiger partial charge >= 0.3 is 5.69 Å². The first-order valence-corrected chi connectivity index (χ1v) is 8.46. The molecule has 3 rings (SSSR count). The molecule has 3 aromatic rings. The number of nitrogens with zero attached hydrogens (tertiary/aromatic N) is 3. The van der Waals surface area contributed by atoms with Gasteiger partial charge in [0.05, 0.1) is 0 Å². The van der Waals surface area contributed by atoms with Gasteiger partial charge in [0, 0.05) is 19.3 Å². The number of aromatic nitrogens is 4. The average molecular weight is 342 g/mol. The molecule has 24 heavy (non-hydrogen) atoms. The lowest BCUT2D eigenvalue weighted by Crippen LogP contribution is -2.29. The van der Waals surface area contributed by atoms with Crippen LogP contribution in [0.5, 0.6) is 0 Å². The van der Waals surface area contributed by atoms with Crippen LogP contribution in [0.1, 0.15) is 12.5 Å². The van der Waals surface area contributed by atoms with E-state index in [9.17, 15) is 9.59 Å². The highest BCUT2D eigenvalue weighted by Gasteiger charge is 2.17. The second kappa shape index (κ2) is 6.52. The Morgan fingerprint density at radius 2 is 2.00 bits per heavy atom. The van der Waals surface area contributed by atoms with E-state index in [0.29, 0.717) is 22.9 Å². The Labute approximate surface area is 142 Å². The number of hydrogen-bond acceptors (Lipinski definition) is 4. The Bertz CT molecular complexity index is 1010. The van der Waals surface area contributed by atoms with Crippen LogP contribution < -0.4 is 11.2 Å². The predicted octanol–water partition coefficient (Wildman–Crippen LogP) is 2.29. The smallest absolute Gasteiger partial charge is 0.309 e. The van der Waals surface area contributed by atoms with Crippen LogP contribution in [0, 0.1) is 0 Å². The second-order valence-corrected chi connectivity index (χ2v) is 6.64. The summed E-state index contributed by atoms with van der Waals surface area (Å²) >= 11 is 1.53. The molecule has 2 aromatic heterocycles. The number of allylic oxidation sites excluding steroid dienone is 1. The van der Waals surface area contributed by atoms with Crippen LogP contribution >= 0.6 is 11.8 Å². The molecule has 0 atom stereocenters. The van der Waals surface area contributed by atoms with Gasteiger partial charge in [-0.15, -0.1) is 0 Å². The molecule has 0 bridgehead atoms. The van der Waals surface area contributed by atoms with E-state index in [0.717, 1.165) is 11.3 Å². The molecule has 2 heterocycles. The van der Waals surface area contributed by atoms with Gasteiger partial charge in [0.25, 0.3) is 5.56 Å². The fourth-order valence-corrected chi connectivity index (χ4v) is 3.41. The van der Waals surface area contributed by atoms with E-state index in [1.165, 1.54) is 21.9 Å². The fourth-order valence-electron chi connectivity index (χ4n) is 2.46. The highest BCUT2D eigenvalue weighted by atomic mass is 32.2. The van der Waals surface area contributed by atoms with Gasteiger partial charge in [0.15, 0.2) is 16.3 Å². The maximum atomic E-state index is 12.3. The minimum Gasteiger partial charge on any atom is -0.309 e. The Morgan fingerprint density at radius 1 is 1.29 bits per heavy atom. The van der Waals surface area contributed by atoms with Crippen molar-refractivity contribution < 1.29 is 0 Å². The van der Waals surface area contributed by atoms with Crippen molar-refractivity contribution in [3.05, 3.63) is 68.9 Å². The highest BCUT2D eigenvalue weighted by molar-refractivity contribution is 7.98. The molecule has 0 unspecified atom stereocenters. The molecule has 0 amide bonds. The molecule has 7 heteroatoms. The zero-order valence-electron chi connectivity index (χ0n) is 13.6. The van der Waals surface area contributed by atoms with E-state index < -0.39 is 11.2 Å². The highest BCUT2D eigenvalue weighted by Crippen LogP contribution is 2.25. The number of rotatable bonds is 5. The quantitative estimate of drug-likeness (QED) is 0.570. The monoisotopic (exact) mass is 342 g/mol. The molecule has 0 spiro atoms. The van der Waals surface area contributed by atoms with E-state index in [1.54, 1.807) is 7.05 Å². The van der Waals surface area contributed by atoms with Gasteiger partial charge in [-0.25, -0.2) is 9.78 Å². The molecule has 0 saturated carbocycles. The molecule has 0 saturated heterocycles.